The van der Waals surface area contributed by atoms with Gasteiger partial charge in [0, 0.05) is 10.0 Å². The highest BCUT2D eigenvalue weighted by molar-refractivity contribution is 9.10. The Bertz CT molecular complexity index is 702. The molecule has 0 radical (unpaired) electrons. The van der Waals surface area contributed by atoms with Crippen molar-refractivity contribution in [3.63, 3.8) is 0 Å². The number of nitrogens with zero attached hydrogens (tertiary/aromatic N) is 1. The fourth-order valence-corrected chi connectivity index (χ4v) is 2.80. The number of hydrogen-bond acceptors (Lipinski definition) is 4. The SMILES string of the molecule is Cc1nsc(NC(=O)c2ccc(Cl)c(Br)c2)c1C(=O)O. The van der Waals surface area contributed by atoms with Crippen molar-refractivity contribution >= 4 is 55.9 Å². The number of amides is 1. The van der Waals surface area contributed by atoms with Crippen LogP contribution in [0, 0.1) is 6.92 Å². The van der Waals surface area contributed by atoms with Crippen molar-refractivity contribution in [2.45, 2.75) is 6.92 Å². The summed E-state index contributed by atoms with van der Waals surface area (Å²) in [6, 6.07) is 4.69. The van der Waals surface area contributed by atoms with Crippen molar-refractivity contribution in [2.24, 2.45) is 0 Å². The number of aromatic nitrogens is 1. The minimum absolute atomic E-state index is 0.0105. The van der Waals surface area contributed by atoms with E-state index in [0.717, 1.165) is 11.5 Å². The molecule has 0 bridgehead atoms. The number of carboxylic acids is 1. The van der Waals surface area contributed by atoms with Gasteiger partial charge >= 0.3 is 5.97 Å². The van der Waals surface area contributed by atoms with E-state index in [1.54, 1.807) is 25.1 Å². The normalized spacial score (nSPS) is 10.3. The van der Waals surface area contributed by atoms with Crippen LogP contribution in [0.1, 0.15) is 26.4 Å². The summed E-state index contributed by atoms with van der Waals surface area (Å²) in [6.45, 7) is 1.58. The van der Waals surface area contributed by atoms with Gasteiger partial charge in [-0.15, -0.1) is 0 Å². The maximum absolute atomic E-state index is 12.1. The van der Waals surface area contributed by atoms with E-state index in [2.05, 4.69) is 25.6 Å². The Kier molecular flexibility index (Phi) is 4.42. The lowest BCUT2D eigenvalue weighted by Gasteiger charge is -2.05. The van der Waals surface area contributed by atoms with E-state index in [1.165, 1.54) is 0 Å². The standard InChI is InChI=1S/C12H8BrClN2O3S/c1-5-9(12(18)19)11(20-16-5)15-10(17)6-2-3-8(14)7(13)4-6/h2-4H,1H3,(H,15,17)(H,18,19). The Labute approximate surface area is 131 Å². The minimum atomic E-state index is -1.12. The number of carbonyl (C=O) groups excluding carboxylic acids is 1. The molecule has 1 aromatic heterocycles. The van der Waals surface area contributed by atoms with E-state index in [9.17, 15) is 9.59 Å². The van der Waals surface area contributed by atoms with Crippen LogP contribution in [-0.4, -0.2) is 21.4 Å². The first-order valence-electron chi connectivity index (χ1n) is 5.36. The number of rotatable bonds is 3. The maximum Gasteiger partial charge on any atom is 0.340 e. The average molecular weight is 376 g/mol. The molecule has 1 amide bonds. The molecule has 0 fully saturated rings. The van der Waals surface area contributed by atoms with Crippen molar-refractivity contribution in [2.75, 3.05) is 5.32 Å². The topological polar surface area (TPSA) is 79.3 Å². The number of benzene rings is 1. The first-order chi connectivity index (χ1) is 9.40. The second-order valence-corrected chi connectivity index (χ2v) is 5.90. The van der Waals surface area contributed by atoms with Crippen LogP contribution in [-0.2, 0) is 0 Å². The largest absolute Gasteiger partial charge is 0.478 e. The highest BCUT2D eigenvalue weighted by atomic mass is 79.9. The van der Waals surface area contributed by atoms with Crippen LogP contribution in [0.3, 0.4) is 0 Å². The molecule has 1 heterocycles. The third-order valence-corrected chi connectivity index (χ3v) is 4.55. The van der Waals surface area contributed by atoms with Gasteiger partial charge in [-0.2, -0.15) is 4.37 Å². The van der Waals surface area contributed by atoms with Crippen LogP contribution < -0.4 is 5.32 Å². The third-order valence-electron chi connectivity index (χ3n) is 2.49. The van der Waals surface area contributed by atoms with Gasteiger partial charge in [0.25, 0.3) is 5.91 Å². The Morgan fingerprint density at radius 3 is 2.75 bits per heavy atom. The molecule has 2 N–H and O–H groups in total. The molecule has 2 aromatic rings. The number of anilines is 1. The van der Waals surface area contributed by atoms with Crippen LogP contribution in [0.2, 0.25) is 5.02 Å². The van der Waals surface area contributed by atoms with Gasteiger partial charge in [-0.05, 0) is 52.6 Å². The molecule has 0 aliphatic carbocycles. The van der Waals surface area contributed by atoms with Gasteiger partial charge in [0.2, 0.25) is 0 Å². The molecule has 0 aliphatic heterocycles. The molecular weight excluding hydrogens is 368 g/mol. The number of halogens is 2. The van der Waals surface area contributed by atoms with E-state index < -0.39 is 11.9 Å². The van der Waals surface area contributed by atoms with Crippen LogP contribution in [0.5, 0.6) is 0 Å². The van der Waals surface area contributed by atoms with Gasteiger partial charge < -0.3 is 10.4 Å². The molecule has 0 unspecified atom stereocenters. The molecule has 1 aromatic carbocycles. The molecule has 0 atom stereocenters. The quantitative estimate of drug-likeness (QED) is 0.855. The molecule has 0 saturated carbocycles. The van der Waals surface area contributed by atoms with Gasteiger partial charge in [0.1, 0.15) is 10.6 Å². The summed E-state index contributed by atoms with van der Waals surface area (Å²) in [4.78, 5) is 23.2. The number of carbonyl (C=O) groups is 2. The Balaban J connectivity index is 2.28. The highest BCUT2D eigenvalue weighted by Crippen LogP contribution is 2.27. The van der Waals surface area contributed by atoms with Crippen LogP contribution >= 0.6 is 39.1 Å². The summed E-state index contributed by atoms with van der Waals surface area (Å²) < 4.78 is 4.52. The van der Waals surface area contributed by atoms with E-state index in [1.807, 2.05) is 0 Å². The maximum atomic E-state index is 12.1. The number of aryl methyl sites for hydroxylation is 1. The lowest BCUT2D eigenvalue weighted by atomic mass is 10.2. The number of hydrogen-bond donors (Lipinski definition) is 2. The van der Waals surface area contributed by atoms with E-state index in [-0.39, 0.29) is 10.6 Å². The lowest BCUT2D eigenvalue weighted by Crippen LogP contribution is -2.13. The van der Waals surface area contributed by atoms with Gasteiger partial charge in [-0.1, -0.05) is 11.6 Å². The first kappa shape index (κ1) is 15.0. The summed E-state index contributed by atoms with van der Waals surface area (Å²) in [6.07, 6.45) is 0. The predicted octanol–water partition coefficient (Wildman–Crippen LogP) is 3.82. The smallest absolute Gasteiger partial charge is 0.340 e. The van der Waals surface area contributed by atoms with Crippen LogP contribution in [0.25, 0.3) is 0 Å². The monoisotopic (exact) mass is 374 g/mol. The van der Waals surface area contributed by atoms with E-state index >= 15 is 0 Å². The number of carboxylic acid groups (broad SMARTS) is 1. The Morgan fingerprint density at radius 1 is 1.45 bits per heavy atom. The average Bonchev–Trinajstić information content (AvgIpc) is 2.73. The summed E-state index contributed by atoms with van der Waals surface area (Å²) in [7, 11) is 0. The van der Waals surface area contributed by atoms with Crippen LogP contribution in [0.4, 0.5) is 5.00 Å². The fraction of sp³-hybridized carbons (Fsp3) is 0.0833. The number of aromatic carboxylic acids is 1. The van der Waals surface area contributed by atoms with Crippen molar-refractivity contribution in [1.29, 1.82) is 0 Å². The molecule has 0 saturated heterocycles. The van der Waals surface area contributed by atoms with Crippen LogP contribution in [0.15, 0.2) is 22.7 Å². The van der Waals surface area contributed by atoms with Gasteiger partial charge in [0.05, 0.1) is 10.7 Å². The van der Waals surface area contributed by atoms with Gasteiger partial charge in [-0.3, -0.25) is 4.79 Å². The second-order valence-electron chi connectivity index (χ2n) is 3.86. The lowest BCUT2D eigenvalue weighted by molar-refractivity contribution is 0.0697. The first-order valence-corrected chi connectivity index (χ1v) is 7.30. The van der Waals surface area contributed by atoms with E-state index in [4.69, 9.17) is 16.7 Å². The summed E-state index contributed by atoms with van der Waals surface area (Å²) in [5, 5.41) is 12.3. The van der Waals surface area contributed by atoms with Crippen molar-refractivity contribution < 1.29 is 14.7 Å². The molecule has 5 nitrogen and oxygen atoms in total. The molecule has 2 rings (SSSR count). The summed E-state index contributed by atoms with van der Waals surface area (Å²) in [5.41, 5.74) is 0.745. The number of nitrogens with one attached hydrogen (secondary N) is 1. The molecule has 0 aliphatic rings. The second kappa shape index (κ2) is 5.90. The molecule has 104 valence electrons. The summed E-state index contributed by atoms with van der Waals surface area (Å²) in [5.74, 6) is -1.54. The molecule has 20 heavy (non-hydrogen) atoms. The Morgan fingerprint density at radius 2 is 2.15 bits per heavy atom. The predicted molar refractivity (Wildman–Crippen MR) is 80.9 cm³/mol. The highest BCUT2D eigenvalue weighted by Gasteiger charge is 2.20. The molecule has 0 spiro atoms. The zero-order valence-electron chi connectivity index (χ0n) is 10.1. The van der Waals surface area contributed by atoms with Crippen molar-refractivity contribution in [3.8, 4) is 0 Å². The van der Waals surface area contributed by atoms with Gasteiger partial charge in [-0.25, -0.2) is 4.79 Å². The van der Waals surface area contributed by atoms with Crippen molar-refractivity contribution in [3.05, 3.63) is 44.5 Å². The van der Waals surface area contributed by atoms with Crippen molar-refractivity contribution in [1.82, 2.24) is 4.37 Å². The summed E-state index contributed by atoms with van der Waals surface area (Å²) >= 11 is 10.0. The third kappa shape index (κ3) is 3.00. The zero-order chi connectivity index (χ0) is 14.9. The Hall–Kier alpha value is -1.44. The van der Waals surface area contributed by atoms with E-state index in [0.29, 0.717) is 20.8 Å². The molecular formula is C12H8BrClN2O3S. The fourth-order valence-electron chi connectivity index (χ4n) is 1.52. The molecule has 8 heteroatoms. The zero-order valence-corrected chi connectivity index (χ0v) is 13.3. The van der Waals surface area contributed by atoms with Gasteiger partial charge in [0.15, 0.2) is 0 Å². The minimum Gasteiger partial charge on any atom is -0.478 e.